The lowest BCUT2D eigenvalue weighted by atomic mass is 9.94. The van der Waals surface area contributed by atoms with Crippen LogP contribution in [0.4, 0.5) is 0 Å². The molecule has 7 nitrogen and oxygen atoms in total. The summed E-state index contributed by atoms with van der Waals surface area (Å²) in [5, 5.41) is 21.9. The molecule has 2 N–H and O–H groups in total. The Morgan fingerprint density at radius 3 is 2.48 bits per heavy atom. The van der Waals surface area contributed by atoms with Gasteiger partial charge < -0.3 is 24.6 Å². The van der Waals surface area contributed by atoms with Gasteiger partial charge in [-0.1, -0.05) is 37.4 Å². The molecule has 33 heavy (non-hydrogen) atoms. The first-order valence-electron chi connectivity index (χ1n) is 10.9. The number of Topliss-reactive ketones (excluding diaryl/α,β-unsaturated/α-hetero) is 1. The van der Waals surface area contributed by atoms with E-state index >= 15 is 0 Å². The monoisotopic (exact) mass is 473 g/mol. The number of hydrogen-bond acceptors (Lipinski definition) is 6. The molecule has 1 saturated heterocycles. The second-order valence-corrected chi connectivity index (χ2v) is 8.12. The van der Waals surface area contributed by atoms with E-state index in [4.69, 9.17) is 21.1 Å². The van der Waals surface area contributed by atoms with Crippen LogP contribution in [0, 0.1) is 0 Å². The van der Waals surface area contributed by atoms with Crippen LogP contribution in [0.5, 0.6) is 17.2 Å². The second-order valence-electron chi connectivity index (χ2n) is 7.71. The van der Waals surface area contributed by atoms with Crippen LogP contribution in [0.1, 0.15) is 50.3 Å². The third-order valence-electron chi connectivity index (χ3n) is 5.57. The first-order valence-corrected chi connectivity index (χ1v) is 11.3. The molecule has 1 aliphatic heterocycles. The number of ether oxygens (including phenoxy) is 2. The number of hydrogen-bond donors (Lipinski definition) is 2. The highest BCUT2D eigenvalue weighted by molar-refractivity contribution is 6.46. The summed E-state index contributed by atoms with van der Waals surface area (Å²) in [6.07, 6.45) is 2.54. The molecule has 3 rings (SSSR count). The Labute approximate surface area is 198 Å². The molecule has 1 fully saturated rings. The van der Waals surface area contributed by atoms with Gasteiger partial charge in [0.1, 0.15) is 11.5 Å². The van der Waals surface area contributed by atoms with Crippen molar-refractivity contribution < 1.29 is 29.3 Å². The van der Waals surface area contributed by atoms with Crippen LogP contribution in [0.2, 0.25) is 5.02 Å². The maximum absolute atomic E-state index is 13.1. The molecule has 2 aromatic carbocycles. The number of ketones is 1. The molecule has 1 heterocycles. The van der Waals surface area contributed by atoms with E-state index in [2.05, 4.69) is 0 Å². The number of phenolic OH excluding ortho intramolecular Hbond substituents is 1. The van der Waals surface area contributed by atoms with Gasteiger partial charge in [-0.2, -0.15) is 0 Å². The van der Waals surface area contributed by atoms with Crippen molar-refractivity contribution in [3.8, 4) is 17.2 Å². The number of phenols is 1. The van der Waals surface area contributed by atoms with Crippen LogP contribution in [-0.2, 0) is 9.59 Å². The number of aliphatic hydroxyl groups is 1. The highest BCUT2D eigenvalue weighted by Gasteiger charge is 2.46. The number of aromatic hydroxyl groups is 1. The SMILES string of the molecule is CCCCCN1C(=O)C(=O)/C(=C(\O)c2ccc(Cl)c(OCC)c2)C1c1ccc(OC)c(O)c1. The fourth-order valence-electron chi connectivity index (χ4n) is 3.94. The molecule has 0 radical (unpaired) electrons. The summed E-state index contributed by atoms with van der Waals surface area (Å²) < 4.78 is 10.6. The fourth-order valence-corrected chi connectivity index (χ4v) is 4.11. The molecular weight excluding hydrogens is 446 g/mol. The van der Waals surface area contributed by atoms with Crippen LogP contribution in [0.15, 0.2) is 42.0 Å². The minimum absolute atomic E-state index is 0.0502. The van der Waals surface area contributed by atoms with Gasteiger partial charge in [0.2, 0.25) is 0 Å². The molecule has 1 atom stereocenters. The third-order valence-corrected chi connectivity index (χ3v) is 5.88. The van der Waals surface area contributed by atoms with Crippen LogP contribution >= 0.6 is 11.6 Å². The molecule has 1 amide bonds. The Morgan fingerprint density at radius 2 is 1.85 bits per heavy atom. The number of rotatable bonds is 9. The average Bonchev–Trinajstić information content (AvgIpc) is 3.05. The van der Waals surface area contributed by atoms with Gasteiger partial charge in [-0.3, -0.25) is 9.59 Å². The predicted octanol–water partition coefficient (Wildman–Crippen LogP) is 5.06. The third kappa shape index (κ3) is 4.93. The van der Waals surface area contributed by atoms with Gasteiger partial charge in [0, 0.05) is 12.1 Å². The van der Waals surface area contributed by atoms with Crippen LogP contribution in [0.25, 0.3) is 5.76 Å². The van der Waals surface area contributed by atoms with Crippen molar-refractivity contribution in [2.75, 3.05) is 20.3 Å². The summed E-state index contributed by atoms with van der Waals surface area (Å²) in [4.78, 5) is 27.5. The van der Waals surface area contributed by atoms with Crippen molar-refractivity contribution in [2.45, 2.75) is 39.2 Å². The van der Waals surface area contributed by atoms with Crippen LogP contribution < -0.4 is 9.47 Å². The Kier molecular flexibility index (Phi) is 7.87. The van der Waals surface area contributed by atoms with E-state index in [1.807, 2.05) is 6.92 Å². The van der Waals surface area contributed by atoms with Gasteiger partial charge in [-0.05, 0) is 49.2 Å². The van der Waals surface area contributed by atoms with E-state index in [9.17, 15) is 19.8 Å². The van der Waals surface area contributed by atoms with Crippen LogP contribution in [-0.4, -0.2) is 47.1 Å². The molecular formula is C25H28ClNO6. The van der Waals surface area contributed by atoms with Crippen molar-refractivity contribution in [1.29, 1.82) is 0 Å². The molecule has 0 bridgehead atoms. The summed E-state index contributed by atoms with van der Waals surface area (Å²) in [6, 6.07) is 8.48. The van der Waals surface area contributed by atoms with Gasteiger partial charge in [0.25, 0.3) is 11.7 Å². The molecule has 0 aromatic heterocycles. The summed E-state index contributed by atoms with van der Waals surface area (Å²) in [5.74, 6) is -1.30. The normalized spacial score (nSPS) is 17.5. The number of aliphatic hydroxyl groups excluding tert-OH is 1. The Balaban J connectivity index is 2.16. The van der Waals surface area contributed by atoms with Crippen molar-refractivity contribution in [2.24, 2.45) is 0 Å². The van der Waals surface area contributed by atoms with Gasteiger partial charge in [-0.15, -0.1) is 0 Å². The molecule has 0 spiro atoms. The van der Waals surface area contributed by atoms with E-state index in [1.54, 1.807) is 31.2 Å². The summed E-state index contributed by atoms with van der Waals surface area (Å²) in [5.41, 5.74) is 0.743. The number of carbonyl (C=O) groups is 2. The van der Waals surface area contributed by atoms with E-state index in [1.165, 1.54) is 24.1 Å². The summed E-state index contributed by atoms with van der Waals surface area (Å²) >= 11 is 6.16. The Hall–Kier alpha value is -3.19. The number of amides is 1. The number of halogens is 1. The maximum Gasteiger partial charge on any atom is 0.295 e. The van der Waals surface area contributed by atoms with Gasteiger partial charge in [0.05, 0.1) is 30.4 Å². The number of likely N-dealkylation sites (tertiary alicyclic amines) is 1. The zero-order chi connectivity index (χ0) is 24.1. The maximum atomic E-state index is 13.1. The lowest BCUT2D eigenvalue weighted by Gasteiger charge is -2.25. The average molecular weight is 474 g/mol. The quantitative estimate of drug-likeness (QED) is 0.228. The topological polar surface area (TPSA) is 96.3 Å². The highest BCUT2D eigenvalue weighted by Crippen LogP contribution is 2.42. The van der Waals surface area contributed by atoms with E-state index in [-0.39, 0.29) is 22.8 Å². The predicted molar refractivity (Wildman–Crippen MR) is 126 cm³/mol. The minimum atomic E-state index is -0.857. The zero-order valence-corrected chi connectivity index (χ0v) is 19.7. The molecule has 2 aromatic rings. The number of nitrogens with zero attached hydrogens (tertiary/aromatic N) is 1. The van der Waals surface area contributed by atoms with E-state index in [0.717, 1.165) is 12.8 Å². The number of unbranched alkanes of at least 4 members (excludes halogenated alkanes) is 2. The molecule has 1 aliphatic rings. The van der Waals surface area contributed by atoms with Crippen molar-refractivity contribution >= 4 is 29.1 Å². The molecule has 8 heteroatoms. The molecule has 1 unspecified atom stereocenters. The van der Waals surface area contributed by atoms with Gasteiger partial charge in [0.15, 0.2) is 11.5 Å². The number of benzene rings is 2. The molecule has 0 saturated carbocycles. The highest BCUT2D eigenvalue weighted by atomic mass is 35.5. The molecule has 176 valence electrons. The van der Waals surface area contributed by atoms with E-state index < -0.39 is 17.7 Å². The minimum Gasteiger partial charge on any atom is -0.507 e. The van der Waals surface area contributed by atoms with Crippen LogP contribution in [0.3, 0.4) is 0 Å². The van der Waals surface area contributed by atoms with E-state index in [0.29, 0.717) is 41.5 Å². The zero-order valence-electron chi connectivity index (χ0n) is 18.9. The first-order chi connectivity index (χ1) is 15.8. The number of carbonyl (C=O) groups excluding carboxylic acids is 2. The largest absolute Gasteiger partial charge is 0.507 e. The van der Waals surface area contributed by atoms with Crippen molar-refractivity contribution in [1.82, 2.24) is 4.90 Å². The lowest BCUT2D eigenvalue weighted by Crippen LogP contribution is -2.30. The first kappa shape index (κ1) is 24.5. The van der Waals surface area contributed by atoms with Gasteiger partial charge >= 0.3 is 0 Å². The standard InChI is InChI=1S/C25H28ClNO6/c1-4-6-7-12-27-22(15-9-11-19(32-3)18(28)13-15)21(24(30)25(27)31)23(29)16-8-10-17(26)20(14-16)33-5-2/h8-11,13-14,22,28-29H,4-7,12H2,1-3H3/b23-21-. The molecule has 0 aliphatic carbocycles. The van der Waals surface area contributed by atoms with Crippen molar-refractivity contribution in [3.05, 3.63) is 58.1 Å². The number of methoxy groups -OCH3 is 1. The fraction of sp³-hybridized carbons (Fsp3) is 0.360. The second kappa shape index (κ2) is 10.6. The Bertz CT molecular complexity index is 1080. The van der Waals surface area contributed by atoms with Crippen molar-refractivity contribution in [3.63, 3.8) is 0 Å². The summed E-state index contributed by atoms with van der Waals surface area (Å²) in [7, 11) is 1.43. The summed E-state index contributed by atoms with van der Waals surface area (Å²) in [6.45, 7) is 4.57. The Morgan fingerprint density at radius 1 is 1.09 bits per heavy atom. The van der Waals surface area contributed by atoms with Gasteiger partial charge in [-0.25, -0.2) is 0 Å². The smallest absolute Gasteiger partial charge is 0.295 e. The lowest BCUT2D eigenvalue weighted by molar-refractivity contribution is -0.139.